The van der Waals surface area contributed by atoms with Gasteiger partial charge in [0.05, 0.1) is 17.2 Å². The topological polar surface area (TPSA) is 48.4 Å². The highest BCUT2D eigenvalue weighted by Crippen LogP contribution is 2.24. The van der Waals surface area contributed by atoms with Crippen LogP contribution in [0.5, 0.6) is 11.6 Å². The molecule has 6 heteroatoms. The molecule has 0 spiro atoms. The zero-order chi connectivity index (χ0) is 14.5. The lowest BCUT2D eigenvalue weighted by Gasteiger charge is -2.06. The van der Waals surface area contributed by atoms with Gasteiger partial charge in [-0.1, -0.05) is 11.6 Å². The van der Waals surface area contributed by atoms with Crippen LogP contribution >= 0.6 is 11.6 Å². The van der Waals surface area contributed by atoms with Gasteiger partial charge >= 0.3 is 5.97 Å². The Morgan fingerprint density at radius 2 is 2.15 bits per heavy atom. The second kappa shape index (κ2) is 6.34. The second-order valence-electron chi connectivity index (χ2n) is 3.78. The molecule has 1 aromatic carbocycles. The maximum absolute atomic E-state index is 13.2. The van der Waals surface area contributed by atoms with Crippen molar-refractivity contribution in [3.63, 3.8) is 0 Å². The van der Waals surface area contributed by atoms with Crippen LogP contribution in [0.15, 0.2) is 36.5 Å². The zero-order valence-electron chi connectivity index (χ0n) is 10.6. The molecule has 2 aromatic rings. The molecule has 4 nitrogen and oxygen atoms in total. The van der Waals surface area contributed by atoms with Crippen molar-refractivity contribution in [2.75, 3.05) is 6.61 Å². The first kappa shape index (κ1) is 14.3. The molecule has 0 saturated carbocycles. The van der Waals surface area contributed by atoms with Crippen molar-refractivity contribution in [3.05, 3.63) is 52.9 Å². The summed E-state index contributed by atoms with van der Waals surface area (Å²) in [5.41, 5.74) is 0.321. The van der Waals surface area contributed by atoms with Gasteiger partial charge in [-0.05, 0) is 25.1 Å². The second-order valence-corrected chi connectivity index (χ2v) is 4.19. The third-order valence-electron chi connectivity index (χ3n) is 2.36. The van der Waals surface area contributed by atoms with Gasteiger partial charge < -0.3 is 9.47 Å². The Bertz CT molecular complexity index is 616. The molecule has 1 heterocycles. The Kier molecular flexibility index (Phi) is 4.53. The van der Waals surface area contributed by atoms with Gasteiger partial charge in [0.15, 0.2) is 0 Å². The van der Waals surface area contributed by atoms with Crippen LogP contribution in [0, 0.1) is 5.82 Å². The minimum Gasteiger partial charge on any atom is -0.462 e. The highest BCUT2D eigenvalue weighted by atomic mass is 35.5. The predicted molar refractivity (Wildman–Crippen MR) is 71.7 cm³/mol. The number of ether oxygens (including phenoxy) is 2. The summed E-state index contributed by atoms with van der Waals surface area (Å²) in [4.78, 5) is 15.4. The normalized spacial score (nSPS) is 10.2. The fraction of sp³-hybridized carbons (Fsp3) is 0.143. The van der Waals surface area contributed by atoms with E-state index in [9.17, 15) is 9.18 Å². The van der Waals surface area contributed by atoms with Crippen molar-refractivity contribution in [2.45, 2.75) is 6.92 Å². The minimum absolute atomic E-state index is 0.0166. The first-order valence-corrected chi connectivity index (χ1v) is 6.24. The van der Waals surface area contributed by atoms with Crippen molar-refractivity contribution in [1.29, 1.82) is 0 Å². The molecule has 1 aromatic heterocycles. The fourth-order valence-electron chi connectivity index (χ4n) is 1.44. The molecular formula is C14H11ClFNO3. The molecule has 0 amide bonds. The van der Waals surface area contributed by atoms with Crippen LogP contribution in [0.1, 0.15) is 17.3 Å². The number of carbonyl (C=O) groups excluding carboxylic acids is 1. The maximum atomic E-state index is 13.2. The Labute approximate surface area is 120 Å². The van der Waals surface area contributed by atoms with E-state index in [-0.39, 0.29) is 16.7 Å². The quantitative estimate of drug-likeness (QED) is 0.804. The molecule has 0 aliphatic heterocycles. The summed E-state index contributed by atoms with van der Waals surface area (Å²) in [6.45, 7) is 2.01. The highest BCUT2D eigenvalue weighted by molar-refractivity contribution is 6.30. The van der Waals surface area contributed by atoms with E-state index in [1.807, 2.05) is 0 Å². The van der Waals surface area contributed by atoms with Gasteiger partial charge in [0.1, 0.15) is 11.6 Å². The van der Waals surface area contributed by atoms with Gasteiger partial charge in [-0.3, -0.25) is 0 Å². The minimum atomic E-state index is -0.577. The van der Waals surface area contributed by atoms with Crippen molar-refractivity contribution >= 4 is 17.6 Å². The van der Waals surface area contributed by atoms with Crippen molar-refractivity contribution in [2.24, 2.45) is 0 Å². The van der Waals surface area contributed by atoms with Crippen LogP contribution in [0.3, 0.4) is 0 Å². The lowest BCUT2D eigenvalue weighted by Crippen LogP contribution is -2.04. The smallest absolute Gasteiger partial charge is 0.339 e. The van der Waals surface area contributed by atoms with E-state index in [1.54, 1.807) is 6.92 Å². The fourth-order valence-corrected chi connectivity index (χ4v) is 1.55. The Morgan fingerprint density at radius 3 is 2.75 bits per heavy atom. The lowest BCUT2D eigenvalue weighted by atomic mass is 10.3. The molecule has 0 bridgehead atoms. The lowest BCUT2D eigenvalue weighted by molar-refractivity contribution is 0.0526. The molecule has 0 atom stereocenters. The Hall–Kier alpha value is -2.14. The molecule has 2 rings (SSSR count). The molecule has 0 saturated heterocycles. The molecule has 0 aliphatic rings. The Morgan fingerprint density at radius 1 is 1.35 bits per heavy atom. The van der Waals surface area contributed by atoms with Crippen molar-refractivity contribution in [1.82, 2.24) is 4.98 Å². The van der Waals surface area contributed by atoms with Crippen molar-refractivity contribution in [3.8, 4) is 11.6 Å². The van der Waals surface area contributed by atoms with Gasteiger partial charge in [-0.15, -0.1) is 0 Å². The van der Waals surface area contributed by atoms with E-state index in [2.05, 4.69) is 4.98 Å². The summed E-state index contributed by atoms with van der Waals surface area (Å²) in [6, 6.07) is 7.08. The molecule has 0 N–H and O–H groups in total. The molecular weight excluding hydrogens is 285 g/mol. The van der Waals surface area contributed by atoms with Crippen LogP contribution in [-0.2, 0) is 4.74 Å². The van der Waals surface area contributed by atoms with Crippen LogP contribution in [0.4, 0.5) is 4.39 Å². The number of benzene rings is 1. The number of carbonyl (C=O) groups is 1. The number of pyridine rings is 1. The van der Waals surface area contributed by atoms with Crippen LogP contribution in [0.25, 0.3) is 0 Å². The van der Waals surface area contributed by atoms with Crippen LogP contribution < -0.4 is 4.74 Å². The third-order valence-corrected chi connectivity index (χ3v) is 2.67. The SMILES string of the molecule is CCOC(=O)c1ccc(Oc2ccc(Cl)c(F)c2)nc1. The zero-order valence-corrected chi connectivity index (χ0v) is 11.4. The standard InChI is InChI=1S/C14H11ClFNO3/c1-2-19-14(18)9-3-6-13(17-8-9)20-10-4-5-11(15)12(16)7-10/h3-8H,2H2,1H3. The monoisotopic (exact) mass is 295 g/mol. The number of hydrogen-bond donors (Lipinski definition) is 0. The number of hydrogen-bond acceptors (Lipinski definition) is 4. The van der Waals surface area contributed by atoms with Crippen molar-refractivity contribution < 1.29 is 18.7 Å². The van der Waals surface area contributed by atoms with Gasteiger partial charge in [0.25, 0.3) is 0 Å². The molecule has 20 heavy (non-hydrogen) atoms. The maximum Gasteiger partial charge on any atom is 0.339 e. The summed E-state index contributed by atoms with van der Waals surface area (Å²) < 4.78 is 23.4. The predicted octanol–water partition coefficient (Wildman–Crippen LogP) is 3.84. The molecule has 0 fully saturated rings. The van der Waals surface area contributed by atoms with E-state index in [4.69, 9.17) is 21.1 Å². The number of rotatable bonds is 4. The molecule has 104 valence electrons. The van der Waals surface area contributed by atoms with E-state index >= 15 is 0 Å². The first-order valence-electron chi connectivity index (χ1n) is 5.86. The van der Waals surface area contributed by atoms with Crippen LogP contribution in [0.2, 0.25) is 5.02 Å². The van der Waals surface area contributed by atoms with E-state index in [0.717, 1.165) is 6.07 Å². The number of aromatic nitrogens is 1. The number of esters is 1. The molecule has 0 unspecified atom stereocenters. The summed E-state index contributed by atoms with van der Waals surface area (Å²) in [6.07, 6.45) is 1.33. The van der Waals surface area contributed by atoms with Gasteiger partial charge in [-0.25, -0.2) is 14.2 Å². The van der Waals surface area contributed by atoms with E-state index in [1.165, 1.54) is 30.5 Å². The highest BCUT2D eigenvalue weighted by Gasteiger charge is 2.08. The molecule has 0 aliphatic carbocycles. The summed E-state index contributed by atoms with van der Waals surface area (Å²) in [5, 5.41) is 0.0166. The summed E-state index contributed by atoms with van der Waals surface area (Å²) >= 11 is 5.57. The first-order chi connectivity index (χ1) is 9.60. The largest absolute Gasteiger partial charge is 0.462 e. The number of halogens is 2. The molecule has 0 radical (unpaired) electrons. The number of nitrogens with zero attached hydrogens (tertiary/aromatic N) is 1. The van der Waals surface area contributed by atoms with Gasteiger partial charge in [0, 0.05) is 18.3 Å². The van der Waals surface area contributed by atoms with Gasteiger partial charge in [-0.2, -0.15) is 0 Å². The third kappa shape index (κ3) is 3.45. The average Bonchev–Trinajstić information content (AvgIpc) is 2.44. The van der Waals surface area contributed by atoms with E-state index in [0.29, 0.717) is 12.2 Å². The Balaban J connectivity index is 2.10. The summed E-state index contributed by atoms with van der Waals surface area (Å²) in [7, 11) is 0. The summed E-state index contributed by atoms with van der Waals surface area (Å²) in [5.74, 6) is -0.528. The van der Waals surface area contributed by atoms with Gasteiger partial charge in [0.2, 0.25) is 5.88 Å². The van der Waals surface area contributed by atoms with Crippen LogP contribution in [-0.4, -0.2) is 17.6 Å². The van der Waals surface area contributed by atoms with E-state index < -0.39 is 11.8 Å². The average molecular weight is 296 g/mol.